The van der Waals surface area contributed by atoms with Crippen molar-refractivity contribution >= 4 is 17.9 Å². The van der Waals surface area contributed by atoms with Crippen LogP contribution >= 0.6 is 0 Å². The summed E-state index contributed by atoms with van der Waals surface area (Å²) in [7, 11) is 0. The van der Waals surface area contributed by atoms with Gasteiger partial charge < -0.3 is 14.2 Å². The van der Waals surface area contributed by atoms with Crippen molar-refractivity contribution in [1.82, 2.24) is 0 Å². The quantitative estimate of drug-likeness (QED) is 0.0200. The molecule has 0 aromatic heterocycles. The summed E-state index contributed by atoms with van der Waals surface area (Å²) in [6.45, 7) is 6.30. The number of unbranched alkanes of at least 4 members (excludes halogenated alkanes) is 18. The topological polar surface area (TPSA) is 78.9 Å². The average Bonchev–Trinajstić information content (AvgIpc) is 3.24. The van der Waals surface area contributed by atoms with E-state index in [1.54, 1.807) is 0 Å². The van der Waals surface area contributed by atoms with Crippen LogP contribution in [0.15, 0.2) is 97.2 Å². The molecule has 0 radical (unpaired) electrons. The molecule has 0 saturated heterocycles. The maximum absolute atomic E-state index is 12.8. The van der Waals surface area contributed by atoms with Gasteiger partial charge in [0.05, 0.1) is 0 Å². The molecule has 1 atom stereocenters. The minimum atomic E-state index is -0.802. The van der Waals surface area contributed by atoms with E-state index in [9.17, 15) is 14.4 Å². The van der Waals surface area contributed by atoms with Gasteiger partial charge in [0.2, 0.25) is 0 Å². The Morgan fingerprint density at radius 1 is 0.367 bits per heavy atom. The van der Waals surface area contributed by atoms with E-state index in [0.717, 1.165) is 122 Å². The normalized spacial score (nSPS) is 12.9. The van der Waals surface area contributed by atoms with Crippen molar-refractivity contribution in [3.05, 3.63) is 97.2 Å². The van der Waals surface area contributed by atoms with Gasteiger partial charge in [-0.25, -0.2) is 0 Å². The summed E-state index contributed by atoms with van der Waals surface area (Å²) in [5.74, 6) is -0.962. The van der Waals surface area contributed by atoms with E-state index in [2.05, 4.69) is 118 Å². The maximum Gasteiger partial charge on any atom is 0.306 e. The fourth-order valence-corrected chi connectivity index (χ4v) is 6.27. The van der Waals surface area contributed by atoms with Gasteiger partial charge in [-0.1, -0.05) is 189 Å². The highest BCUT2D eigenvalue weighted by Gasteiger charge is 2.19. The van der Waals surface area contributed by atoms with Crippen LogP contribution in [-0.2, 0) is 28.6 Å². The summed E-state index contributed by atoms with van der Waals surface area (Å²) in [5.41, 5.74) is 0. The highest BCUT2D eigenvalue weighted by Crippen LogP contribution is 2.13. The van der Waals surface area contributed by atoms with Crippen LogP contribution in [-0.4, -0.2) is 37.2 Å². The summed E-state index contributed by atoms with van der Waals surface area (Å²) in [6, 6.07) is 0. The predicted molar refractivity (Wildman–Crippen MR) is 256 cm³/mol. The molecule has 0 aromatic rings. The van der Waals surface area contributed by atoms with Gasteiger partial charge in [-0.3, -0.25) is 14.4 Å². The molecule has 0 fully saturated rings. The van der Waals surface area contributed by atoms with E-state index < -0.39 is 6.10 Å². The molecule has 0 spiro atoms. The molecule has 0 aliphatic carbocycles. The largest absolute Gasteiger partial charge is 0.462 e. The lowest BCUT2D eigenvalue weighted by Gasteiger charge is -2.18. The van der Waals surface area contributed by atoms with Crippen molar-refractivity contribution in [3.8, 4) is 0 Å². The molecular weight excluding hydrogens is 745 g/mol. The minimum Gasteiger partial charge on any atom is -0.462 e. The molecule has 0 saturated carbocycles. The summed E-state index contributed by atoms with van der Waals surface area (Å²) >= 11 is 0. The van der Waals surface area contributed by atoms with Crippen LogP contribution in [0.1, 0.15) is 207 Å². The summed E-state index contributed by atoms with van der Waals surface area (Å²) < 4.78 is 16.7. The van der Waals surface area contributed by atoms with Gasteiger partial charge in [0.1, 0.15) is 13.2 Å². The summed E-state index contributed by atoms with van der Waals surface area (Å²) in [6.07, 6.45) is 62.4. The van der Waals surface area contributed by atoms with E-state index in [0.29, 0.717) is 19.3 Å². The first-order valence-corrected chi connectivity index (χ1v) is 24.3. The molecule has 0 N–H and O–H groups in total. The monoisotopic (exact) mass is 833 g/mol. The summed E-state index contributed by atoms with van der Waals surface area (Å²) in [4.78, 5) is 37.9. The lowest BCUT2D eigenvalue weighted by atomic mass is 10.1. The van der Waals surface area contributed by atoms with Crippen molar-refractivity contribution in [3.63, 3.8) is 0 Å². The molecule has 6 nitrogen and oxygen atoms in total. The fourth-order valence-electron chi connectivity index (χ4n) is 6.27. The Labute approximate surface area is 368 Å². The van der Waals surface area contributed by atoms with Gasteiger partial charge in [-0.15, -0.1) is 0 Å². The zero-order chi connectivity index (χ0) is 43.7. The van der Waals surface area contributed by atoms with E-state index >= 15 is 0 Å². The number of rotatable bonds is 42. The molecule has 0 aromatic carbocycles. The Morgan fingerprint density at radius 2 is 0.733 bits per heavy atom. The van der Waals surface area contributed by atoms with E-state index in [4.69, 9.17) is 14.2 Å². The molecule has 0 aliphatic rings. The van der Waals surface area contributed by atoms with Crippen molar-refractivity contribution < 1.29 is 28.6 Å². The first-order valence-electron chi connectivity index (χ1n) is 24.3. The Hall–Kier alpha value is -3.67. The molecule has 0 rings (SSSR count). The molecule has 340 valence electrons. The first kappa shape index (κ1) is 56.3. The van der Waals surface area contributed by atoms with Crippen molar-refractivity contribution in [2.45, 2.75) is 213 Å². The zero-order valence-corrected chi connectivity index (χ0v) is 38.7. The van der Waals surface area contributed by atoms with Crippen molar-refractivity contribution in [1.29, 1.82) is 0 Å². The van der Waals surface area contributed by atoms with Crippen molar-refractivity contribution in [2.24, 2.45) is 0 Å². The molecule has 0 heterocycles. The number of esters is 3. The third-order valence-electron chi connectivity index (χ3n) is 9.89. The SMILES string of the molecule is CC\C=C/C=C\C=C/CCCCCCCC(=O)OCC(COC(=O)CCCCCCCC/C=C\C=C/CCCCC)OC(=O)CCCCCC/C=C\C/C=C\C/C=C\CC. The van der Waals surface area contributed by atoms with Crippen LogP contribution in [0.3, 0.4) is 0 Å². The number of carbonyl (C=O) groups excluding carboxylic acids is 3. The number of hydrogen-bond acceptors (Lipinski definition) is 6. The lowest BCUT2D eigenvalue weighted by Crippen LogP contribution is -2.30. The second kappa shape index (κ2) is 48.0. The molecule has 0 bridgehead atoms. The van der Waals surface area contributed by atoms with E-state index in [-0.39, 0.29) is 31.1 Å². The van der Waals surface area contributed by atoms with Gasteiger partial charge >= 0.3 is 17.9 Å². The smallest absolute Gasteiger partial charge is 0.306 e. The van der Waals surface area contributed by atoms with Gasteiger partial charge in [-0.05, 0) is 96.3 Å². The molecule has 1 unspecified atom stereocenters. The van der Waals surface area contributed by atoms with Crippen LogP contribution in [0.2, 0.25) is 0 Å². The predicted octanol–water partition coefficient (Wildman–Crippen LogP) is 15.8. The van der Waals surface area contributed by atoms with Crippen LogP contribution in [0.5, 0.6) is 0 Å². The standard InChI is InChI=1S/C54H88O6/c1-4-7-10-13-16-19-22-25-27-30-32-35-38-41-44-47-53(56)59-50-51(49-58-52(55)46-43-40-37-34-31-28-24-21-18-15-12-9-6-3)60-54(57)48-45-42-39-36-33-29-26-23-20-17-14-11-8-5-2/h8-9,11-12,15-22,24-26,29,51H,4-7,10,13-14,23,27-28,30-50H2,1-3H3/b11-8-,12-9-,18-15-,19-16-,20-17-,24-21-,25-22-,29-26-. The summed E-state index contributed by atoms with van der Waals surface area (Å²) in [5, 5.41) is 0. The number of allylic oxidation sites excluding steroid dienone is 16. The van der Waals surface area contributed by atoms with Crippen LogP contribution in [0.25, 0.3) is 0 Å². The fraction of sp³-hybridized carbons (Fsp3) is 0.648. The Bertz CT molecular complexity index is 1230. The van der Waals surface area contributed by atoms with Gasteiger partial charge in [0.15, 0.2) is 6.10 Å². The molecule has 0 aliphatic heterocycles. The number of ether oxygens (including phenoxy) is 3. The Kier molecular flexibility index (Phi) is 45.1. The highest BCUT2D eigenvalue weighted by atomic mass is 16.6. The molecular formula is C54H88O6. The average molecular weight is 833 g/mol. The first-order chi connectivity index (χ1) is 29.5. The van der Waals surface area contributed by atoms with E-state index in [1.165, 1.54) is 44.9 Å². The highest BCUT2D eigenvalue weighted by molar-refractivity contribution is 5.71. The lowest BCUT2D eigenvalue weighted by molar-refractivity contribution is -0.167. The Balaban J connectivity index is 4.49. The van der Waals surface area contributed by atoms with Gasteiger partial charge in [0, 0.05) is 19.3 Å². The van der Waals surface area contributed by atoms with Crippen LogP contribution < -0.4 is 0 Å². The Morgan fingerprint density at radius 3 is 1.22 bits per heavy atom. The third kappa shape index (κ3) is 45.4. The van der Waals surface area contributed by atoms with Gasteiger partial charge in [-0.2, -0.15) is 0 Å². The second-order valence-electron chi connectivity index (χ2n) is 15.7. The van der Waals surface area contributed by atoms with Gasteiger partial charge in [0.25, 0.3) is 0 Å². The second-order valence-corrected chi connectivity index (χ2v) is 15.7. The van der Waals surface area contributed by atoms with Crippen LogP contribution in [0, 0.1) is 0 Å². The molecule has 60 heavy (non-hydrogen) atoms. The van der Waals surface area contributed by atoms with Crippen molar-refractivity contribution in [2.75, 3.05) is 13.2 Å². The number of hydrogen-bond donors (Lipinski definition) is 0. The minimum absolute atomic E-state index is 0.101. The maximum atomic E-state index is 12.8. The third-order valence-corrected chi connectivity index (χ3v) is 9.89. The zero-order valence-electron chi connectivity index (χ0n) is 38.7. The van der Waals surface area contributed by atoms with E-state index in [1.807, 2.05) is 0 Å². The van der Waals surface area contributed by atoms with Crippen LogP contribution in [0.4, 0.5) is 0 Å². The molecule has 6 heteroatoms. The number of carbonyl (C=O) groups is 3. The molecule has 0 amide bonds.